The summed E-state index contributed by atoms with van der Waals surface area (Å²) in [6, 6.07) is 64.8. The van der Waals surface area contributed by atoms with E-state index in [1.54, 1.807) is 0 Å². The zero-order chi connectivity index (χ0) is 34.2. The summed E-state index contributed by atoms with van der Waals surface area (Å²) in [6.45, 7) is 0. The van der Waals surface area contributed by atoms with Crippen LogP contribution in [0.4, 0.5) is 0 Å². The normalized spacial score (nSPS) is 11.8. The molecule has 0 unspecified atom stereocenters. The van der Waals surface area contributed by atoms with E-state index in [9.17, 15) is 0 Å². The van der Waals surface area contributed by atoms with Crippen molar-refractivity contribution in [3.63, 3.8) is 0 Å². The molecule has 3 heterocycles. The van der Waals surface area contributed by atoms with Crippen molar-refractivity contribution in [2.24, 2.45) is 0 Å². The average Bonchev–Trinajstić information content (AvgIpc) is 3.74. The van der Waals surface area contributed by atoms with Gasteiger partial charge in [0.15, 0.2) is 0 Å². The SMILES string of the molecule is c1ccc(-c2ccc(-c3nc(-n4c5ccccc5c5c(-n6c7ccccc7c7ccccc76)cccc54)nc4c3ccc3ccccc34)cc2)cc1. The van der Waals surface area contributed by atoms with Gasteiger partial charge in [-0.05, 0) is 52.9 Å². The Morgan fingerprint density at radius 1 is 0.327 bits per heavy atom. The minimum Gasteiger partial charge on any atom is -0.309 e. The third-order valence-electron chi connectivity index (χ3n) is 10.5. The second kappa shape index (κ2) is 11.2. The highest BCUT2D eigenvalue weighted by molar-refractivity contribution is 6.17. The fourth-order valence-electron chi connectivity index (χ4n) is 8.21. The molecule has 0 saturated carbocycles. The van der Waals surface area contributed by atoms with Gasteiger partial charge in [0.05, 0.1) is 39.0 Å². The Hall–Kier alpha value is -7.04. The molecule has 0 radical (unpaired) electrons. The first-order chi connectivity index (χ1) is 25.8. The van der Waals surface area contributed by atoms with Crippen molar-refractivity contribution in [1.29, 1.82) is 0 Å². The van der Waals surface area contributed by atoms with Crippen LogP contribution in [0.25, 0.3) is 99.3 Å². The molecule has 0 saturated heterocycles. The van der Waals surface area contributed by atoms with Crippen LogP contribution in [0.2, 0.25) is 0 Å². The first-order valence-electron chi connectivity index (χ1n) is 17.7. The van der Waals surface area contributed by atoms with Gasteiger partial charge < -0.3 is 4.57 Å². The molecule has 3 aromatic heterocycles. The molecular weight excluding hydrogens is 633 g/mol. The summed E-state index contributed by atoms with van der Waals surface area (Å²) in [5, 5.41) is 8.10. The van der Waals surface area contributed by atoms with Crippen molar-refractivity contribution in [1.82, 2.24) is 19.1 Å². The second-order valence-electron chi connectivity index (χ2n) is 13.4. The maximum absolute atomic E-state index is 5.46. The van der Waals surface area contributed by atoms with Crippen molar-refractivity contribution >= 4 is 65.3 Å². The number of nitrogens with zero attached hydrogens (tertiary/aromatic N) is 4. The Morgan fingerprint density at radius 2 is 0.885 bits per heavy atom. The fourth-order valence-corrected chi connectivity index (χ4v) is 8.21. The summed E-state index contributed by atoms with van der Waals surface area (Å²) in [5.41, 5.74) is 10.9. The van der Waals surface area contributed by atoms with Crippen LogP contribution in [0.5, 0.6) is 0 Å². The molecule has 0 bridgehead atoms. The van der Waals surface area contributed by atoms with E-state index in [4.69, 9.17) is 9.97 Å². The second-order valence-corrected chi connectivity index (χ2v) is 13.4. The number of hydrogen-bond donors (Lipinski definition) is 0. The molecule has 0 atom stereocenters. The summed E-state index contributed by atoms with van der Waals surface area (Å²) in [6.07, 6.45) is 0. The van der Waals surface area contributed by atoms with E-state index >= 15 is 0 Å². The fraction of sp³-hybridized carbons (Fsp3) is 0. The van der Waals surface area contributed by atoms with Crippen molar-refractivity contribution in [2.75, 3.05) is 0 Å². The average molecular weight is 663 g/mol. The highest BCUT2D eigenvalue weighted by Crippen LogP contribution is 2.40. The lowest BCUT2D eigenvalue weighted by molar-refractivity contribution is 1.01. The number of fused-ring (bicyclic) bond motifs is 9. The molecule has 52 heavy (non-hydrogen) atoms. The van der Waals surface area contributed by atoms with Crippen molar-refractivity contribution < 1.29 is 0 Å². The molecule has 0 aliphatic heterocycles. The van der Waals surface area contributed by atoms with Crippen LogP contribution in [-0.2, 0) is 0 Å². The molecule has 11 aromatic rings. The highest BCUT2D eigenvalue weighted by Gasteiger charge is 2.22. The highest BCUT2D eigenvalue weighted by atomic mass is 15.2. The van der Waals surface area contributed by atoms with E-state index in [2.05, 4.69) is 191 Å². The Morgan fingerprint density at radius 3 is 1.62 bits per heavy atom. The van der Waals surface area contributed by atoms with Gasteiger partial charge in [0.2, 0.25) is 5.95 Å². The van der Waals surface area contributed by atoms with Gasteiger partial charge in [0.25, 0.3) is 0 Å². The van der Waals surface area contributed by atoms with Gasteiger partial charge in [-0.2, -0.15) is 0 Å². The third-order valence-corrected chi connectivity index (χ3v) is 10.5. The maximum Gasteiger partial charge on any atom is 0.235 e. The monoisotopic (exact) mass is 662 g/mol. The van der Waals surface area contributed by atoms with Crippen LogP contribution in [-0.4, -0.2) is 19.1 Å². The Bertz CT molecular complexity index is 3120. The third kappa shape index (κ3) is 4.21. The number of aromatic nitrogens is 4. The van der Waals surface area contributed by atoms with Crippen LogP contribution in [0.1, 0.15) is 0 Å². The molecule has 0 aliphatic rings. The van der Waals surface area contributed by atoms with Gasteiger partial charge in [-0.3, -0.25) is 4.57 Å². The molecule has 4 heteroatoms. The molecule has 0 spiro atoms. The topological polar surface area (TPSA) is 35.6 Å². The van der Waals surface area contributed by atoms with Gasteiger partial charge in [-0.25, -0.2) is 9.97 Å². The number of rotatable bonds is 4. The first kappa shape index (κ1) is 28.8. The molecule has 0 N–H and O–H groups in total. The van der Waals surface area contributed by atoms with Gasteiger partial charge in [0, 0.05) is 37.9 Å². The lowest BCUT2D eigenvalue weighted by Crippen LogP contribution is -2.04. The predicted octanol–water partition coefficient (Wildman–Crippen LogP) is 12.3. The zero-order valence-electron chi connectivity index (χ0n) is 28.1. The molecule has 0 amide bonds. The van der Waals surface area contributed by atoms with E-state index in [0.29, 0.717) is 5.95 Å². The molecule has 4 nitrogen and oxygen atoms in total. The van der Waals surface area contributed by atoms with E-state index in [-0.39, 0.29) is 0 Å². The van der Waals surface area contributed by atoms with E-state index in [1.165, 1.54) is 38.3 Å². The smallest absolute Gasteiger partial charge is 0.235 e. The summed E-state index contributed by atoms with van der Waals surface area (Å²) in [4.78, 5) is 10.9. The van der Waals surface area contributed by atoms with Crippen LogP contribution < -0.4 is 0 Å². The molecule has 0 fully saturated rings. The van der Waals surface area contributed by atoms with Crippen LogP contribution in [0.15, 0.2) is 182 Å². The van der Waals surface area contributed by atoms with Gasteiger partial charge >= 0.3 is 0 Å². The van der Waals surface area contributed by atoms with Crippen molar-refractivity contribution in [2.45, 2.75) is 0 Å². The Kier molecular flexibility index (Phi) is 6.22. The molecule has 11 rings (SSSR count). The lowest BCUT2D eigenvalue weighted by Gasteiger charge is -2.14. The van der Waals surface area contributed by atoms with E-state index in [1.807, 2.05) is 0 Å². The van der Waals surface area contributed by atoms with Crippen molar-refractivity contribution in [3.8, 4) is 34.0 Å². The molecule has 8 aromatic carbocycles. The largest absolute Gasteiger partial charge is 0.309 e. The minimum atomic E-state index is 0.650. The number of para-hydroxylation sites is 3. The maximum atomic E-state index is 5.46. The molecular formula is C48H30N4. The van der Waals surface area contributed by atoms with Gasteiger partial charge in [-0.1, -0.05) is 146 Å². The standard InChI is InChI=1S/C48H30N4/c1-2-13-31(14-3-1)32-25-27-34(28-26-32)46-39-30-29-33-15-4-5-16-35(33)47(39)50-48(49-46)52-42-22-11-8-19-38(42)45-43(23-12-24-44(45)52)51-40-20-9-6-17-36(40)37-18-7-10-21-41(37)51/h1-30H. The van der Waals surface area contributed by atoms with Gasteiger partial charge in [0.1, 0.15) is 0 Å². The summed E-state index contributed by atoms with van der Waals surface area (Å²) >= 11 is 0. The first-order valence-corrected chi connectivity index (χ1v) is 17.7. The van der Waals surface area contributed by atoms with Crippen molar-refractivity contribution in [3.05, 3.63) is 182 Å². The lowest BCUT2D eigenvalue weighted by atomic mass is 9.99. The summed E-state index contributed by atoms with van der Waals surface area (Å²) in [5.74, 6) is 0.650. The Labute approximate surface area is 299 Å². The number of hydrogen-bond acceptors (Lipinski definition) is 2. The quantitative estimate of drug-likeness (QED) is 0.176. The number of benzene rings is 8. The van der Waals surface area contributed by atoms with Crippen LogP contribution >= 0.6 is 0 Å². The predicted molar refractivity (Wildman–Crippen MR) is 217 cm³/mol. The summed E-state index contributed by atoms with van der Waals surface area (Å²) < 4.78 is 4.67. The van der Waals surface area contributed by atoms with E-state index in [0.717, 1.165) is 55.0 Å². The zero-order valence-corrected chi connectivity index (χ0v) is 28.1. The summed E-state index contributed by atoms with van der Waals surface area (Å²) in [7, 11) is 0. The van der Waals surface area contributed by atoms with Crippen LogP contribution in [0.3, 0.4) is 0 Å². The molecule has 242 valence electrons. The van der Waals surface area contributed by atoms with Crippen LogP contribution in [0, 0.1) is 0 Å². The van der Waals surface area contributed by atoms with E-state index < -0.39 is 0 Å². The minimum absolute atomic E-state index is 0.650. The van der Waals surface area contributed by atoms with Gasteiger partial charge in [-0.15, -0.1) is 0 Å². The Balaban J connectivity index is 1.22. The molecule has 0 aliphatic carbocycles.